The van der Waals surface area contributed by atoms with Gasteiger partial charge >= 0.3 is 0 Å². The fraction of sp³-hybridized carbons (Fsp3) is 0.533. The first-order valence-electron chi connectivity index (χ1n) is 6.73. The van der Waals surface area contributed by atoms with Gasteiger partial charge < -0.3 is 10.1 Å². The summed E-state index contributed by atoms with van der Waals surface area (Å²) in [4.78, 5) is 13.0. The van der Waals surface area contributed by atoms with Crippen LogP contribution in [-0.2, 0) is 9.53 Å². The summed E-state index contributed by atoms with van der Waals surface area (Å²) in [6, 6.07) is 6.33. The Balaban J connectivity index is 1.74. The molecule has 1 aromatic rings. The Morgan fingerprint density at radius 3 is 3.05 bits per heavy atom. The van der Waals surface area contributed by atoms with E-state index in [-0.39, 0.29) is 12.0 Å². The summed E-state index contributed by atoms with van der Waals surface area (Å²) >= 11 is 1.60. The molecule has 0 spiro atoms. The minimum Gasteiger partial charge on any atom is -0.376 e. The van der Waals surface area contributed by atoms with Crippen molar-refractivity contribution in [2.75, 3.05) is 18.9 Å². The van der Waals surface area contributed by atoms with Crippen LogP contribution in [0.2, 0.25) is 0 Å². The number of hydrogen-bond acceptors (Lipinski definition) is 3. The van der Waals surface area contributed by atoms with Gasteiger partial charge in [0.05, 0.1) is 11.9 Å². The average Bonchev–Trinajstić information content (AvgIpc) is 2.90. The number of benzene rings is 1. The third kappa shape index (κ3) is 4.55. The number of aryl methyl sites for hydroxylation is 2. The van der Waals surface area contributed by atoms with Gasteiger partial charge in [-0.1, -0.05) is 17.7 Å². The Morgan fingerprint density at radius 2 is 2.32 bits per heavy atom. The van der Waals surface area contributed by atoms with Crippen molar-refractivity contribution in [3.05, 3.63) is 29.3 Å². The third-order valence-electron chi connectivity index (χ3n) is 3.25. The molecule has 2 rings (SSSR count). The molecule has 1 amide bonds. The normalized spacial score (nSPS) is 18.5. The van der Waals surface area contributed by atoms with Gasteiger partial charge in [0, 0.05) is 18.0 Å². The van der Waals surface area contributed by atoms with Crippen molar-refractivity contribution in [3.8, 4) is 0 Å². The number of thioether (sulfide) groups is 1. The maximum atomic E-state index is 11.8. The van der Waals surface area contributed by atoms with E-state index in [1.807, 2.05) is 0 Å². The summed E-state index contributed by atoms with van der Waals surface area (Å²) in [5.41, 5.74) is 2.45. The summed E-state index contributed by atoms with van der Waals surface area (Å²) < 4.78 is 5.48. The zero-order chi connectivity index (χ0) is 13.7. The van der Waals surface area contributed by atoms with Crippen LogP contribution in [0.3, 0.4) is 0 Å². The van der Waals surface area contributed by atoms with Crippen LogP contribution in [0.4, 0.5) is 0 Å². The minimum absolute atomic E-state index is 0.0846. The molecule has 0 bridgehead atoms. The standard InChI is InChI=1S/C15H21NO2S/c1-11-5-6-12(2)14(8-11)19-10-15(17)16-9-13-4-3-7-18-13/h5-6,8,13H,3-4,7,9-10H2,1-2H3,(H,16,17). The number of ether oxygens (including phenoxy) is 1. The smallest absolute Gasteiger partial charge is 0.230 e. The number of carbonyl (C=O) groups is 1. The van der Waals surface area contributed by atoms with Crippen molar-refractivity contribution >= 4 is 17.7 Å². The number of nitrogens with one attached hydrogen (secondary N) is 1. The number of rotatable bonds is 5. The molecule has 1 aromatic carbocycles. The van der Waals surface area contributed by atoms with Gasteiger partial charge in [0.25, 0.3) is 0 Å². The maximum absolute atomic E-state index is 11.8. The van der Waals surface area contributed by atoms with Crippen molar-refractivity contribution in [2.45, 2.75) is 37.7 Å². The van der Waals surface area contributed by atoms with Gasteiger partial charge in [-0.05, 0) is 38.3 Å². The van der Waals surface area contributed by atoms with Gasteiger partial charge in [-0.15, -0.1) is 11.8 Å². The van der Waals surface area contributed by atoms with E-state index in [4.69, 9.17) is 4.74 Å². The molecule has 0 radical (unpaired) electrons. The average molecular weight is 279 g/mol. The first-order valence-corrected chi connectivity index (χ1v) is 7.72. The Bertz CT molecular complexity index is 442. The van der Waals surface area contributed by atoms with E-state index in [0.717, 1.165) is 19.4 Å². The zero-order valence-corrected chi connectivity index (χ0v) is 12.4. The lowest BCUT2D eigenvalue weighted by molar-refractivity contribution is -0.119. The van der Waals surface area contributed by atoms with Gasteiger partial charge in [-0.25, -0.2) is 0 Å². The summed E-state index contributed by atoms with van der Waals surface area (Å²) in [7, 11) is 0. The second kappa shape index (κ2) is 6.96. The fourth-order valence-electron chi connectivity index (χ4n) is 2.09. The molecular weight excluding hydrogens is 258 g/mol. The topological polar surface area (TPSA) is 38.3 Å². The summed E-state index contributed by atoms with van der Waals surface area (Å²) in [6.45, 7) is 5.62. The van der Waals surface area contributed by atoms with Crippen LogP contribution in [0.25, 0.3) is 0 Å². The molecule has 4 heteroatoms. The number of hydrogen-bond donors (Lipinski definition) is 1. The second-order valence-electron chi connectivity index (χ2n) is 5.00. The monoisotopic (exact) mass is 279 g/mol. The molecule has 0 saturated carbocycles. The van der Waals surface area contributed by atoms with Crippen molar-refractivity contribution in [1.29, 1.82) is 0 Å². The van der Waals surface area contributed by atoms with Gasteiger partial charge in [-0.2, -0.15) is 0 Å². The molecule has 1 N–H and O–H groups in total. The molecule has 1 aliphatic rings. The van der Waals surface area contributed by atoms with Crippen molar-refractivity contribution < 1.29 is 9.53 Å². The Kier molecular flexibility index (Phi) is 5.28. The lowest BCUT2D eigenvalue weighted by atomic mass is 10.2. The Hall–Kier alpha value is -1.00. The zero-order valence-electron chi connectivity index (χ0n) is 11.6. The van der Waals surface area contributed by atoms with Crippen LogP contribution in [-0.4, -0.2) is 30.9 Å². The summed E-state index contributed by atoms with van der Waals surface area (Å²) in [6.07, 6.45) is 2.39. The van der Waals surface area contributed by atoms with Crippen molar-refractivity contribution in [3.63, 3.8) is 0 Å². The SMILES string of the molecule is Cc1ccc(C)c(SCC(=O)NCC2CCCO2)c1. The van der Waals surface area contributed by atoms with E-state index in [9.17, 15) is 4.79 Å². The molecule has 0 aromatic heterocycles. The largest absolute Gasteiger partial charge is 0.376 e. The van der Waals surface area contributed by atoms with E-state index < -0.39 is 0 Å². The predicted octanol–water partition coefficient (Wildman–Crippen LogP) is 2.69. The highest BCUT2D eigenvalue weighted by atomic mass is 32.2. The molecular formula is C15H21NO2S. The van der Waals surface area contributed by atoms with Gasteiger partial charge in [-0.3, -0.25) is 4.79 Å². The molecule has 1 heterocycles. The van der Waals surface area contributed by atoms with E-state index in [2.05, 4.69) is 37.4 Å². The molecule has 1 atom stereocenters. The van der Waals surface area contributed by atoms with E-state index in [1.165, 1.54) is 16.0 Å². The number of amides is 1. The van der Waals surface area contributed by atoms with Crippen molar-refractivity contribution in [2.24, 2.45) is 0 Å². The van der Waals surface area contributed by atoms with Gasteiger partial charge in [0.15, 0.2) is 0 Å². The predicted molar refractivity (Wildman–Crippen MR) is 78.6 cm³/mol. The molecule has 0 aliphatic carbocycles. The molecule has 1 fully saturated rings. The van der Waals surface area contributed by atoms with Crippen LogP contribution in [0, 0.1) is 13.8 Å². The van der Waals surface area contributed by atoms with E-state index >= 15 is 0 Å². The van der Waals surface area contributed by atoms with E-state index in [1.54, 1.807) is 11.8 Å². The highest BCUT2D eigenvalue weighted by Crippen LogP contribution is 2.23. The number of carbonyl (C=O) groups excluding carboxylic acids is 1. The maximum Gasteiger partial charge on any atom is 0.230 e. The van der Waals surface area contributed by atoms with E-state index in [0.29, 0.717) is 12.3 Å². The first kappa shape index (κ1) is 14.4. The molecule has 1 unspecified atom stereocenters. The molecule has 104 valence electrons. The van der Waals surface area contributed by atoms with Gasteiger partial charge in [0.2, 0.25) is 5.91 Å². The van der Waals surface area contributed by atoms with Crippen LogP contribution in [0.15, 0.2) is 23.1 Å². The fourth-order valence-corrected chi connectivity index (χ4v) is 3.04. The Morgan fingerprint density at radius 1 is 1.47 bits per heavy atom. The molecule has 3 nitrogen and oxygen atoms in total. The first-order chi connectivity index (χ1) is 9.15. The summed E-state index contributed by atoms with van der Waals surface area (Å²) in [5.74, 6) is 0.554. The highest BCUT2D eigenvalue weighted by molar-refractivity contribution is 8.00. The van der Waals surface area contributed by atoms with Crippen molar-refractivity contribution in [1.82, 2.24) is 5.32 Å². The lowest BCUT2D eigenvalue weighted by Gasteiger charge is -2.11. The molecule has 1 aliphatic heterocycles. The van der Waals surface area contributed by atoms with Crippen LogP contribution >= 0.6 is 11.8 Å². The highest BCUT2D eigenvalue weighted by Gasteiger charge is 2.16. The Labute approximate surface area is 119 Å². The van der Waals surface area contributed by atoms with Crippen LogP contribution < -0.4 is 5.32 Å². The van der Waals surface area contributed by atoms with Gasteiger partial charge in [0.1, 0.15) is 0 Å². The summed E-state index contributed by atoms with van der Waals surface area (Å²) in [5, 5.41) is 2.94. The molecule has 1 saturated heterocycles. The minimum atomic E-state index is 0.0846. The molecule has 19 heavy (non-hydrogen) atoms. The second-order valence-corrected chi connectivity index (χ2v) is 6.01. The lowest BCUT2D eigenvalue weighted by Crippen LogP contribution is -2.32. The third-order valence-corrected chi connectivity index (χ3v) is 4.41. The quantitative estimate of drug-likeness (QED) is 0.842. The van der Waals surface area contributed by atoms with Crippen LogP contribution in [0.1, 0.15) is 24.0 Å². The van der Waals surface area contributed by atoms with Crippen LogP contribution in [0.5, 0.6) is 0 Å².